The highest BCUT2D eigenvalue weighted by Gasteiger charge is 2.05. The van der Waals surface area contributed by atoms with Gasteiger partial charge in [-0.2, -0.15) is 0 Å². The minimum Gasteiger partial charge on any atom is -0.497 e. The molecule has 0 aromatic heterocycles. The van der Waals surface area contributed by atoms with Gasteiger partial charge in [-0.05, 0) is 48.7 Å². The van der Waals surface area contributed by atoms with Crippen LogP contribution in [-0.2, 0) is 11.2 Å². The first kappa shape index (κ1) is 16.7. The Morgan fingerprint density at radius 3 is 2.45 bits per heavy atom. The van der Waals surface area contributed by atoms with Gasteiger partial charge in [-0.15, -0.1) is 0 Å². The molecule has 5 heteroatoms. The number of rotatable bonds is 6. The van der Waals surface area contributed by atoms with E-state index in [-0.39, 0.29) is 5.91 Å². The number of benzene rings is 2. The average molecular weight is 338 g/mol. The molecule has 2 aromatic rings. The number of carbonyl (C=O) groups is 1. The van der Waals surface area contributed by atoms with Crippen molar-refractivity contribution in [3.8, 4) is 5.75 Å². The highest BCUT2D eigenvalue weighted by Crippen LogP contribution is 2.25. The molecule has 0 aliphatic carbocycles. The monoisotopic (exact) mass is 337 g/mol. The molecule has 1 amide bonds. The van der Waals surface area contributed by atoms with E-state index in [0.717, 1.165) is 18.6 Å². The van der Waals surface area contributed by atoms with E-state index in [2.05, 4.69) is 5.32 Å². The molecule has 0 spiro atoms. The maximum Gasteiger partial charge on any atom is 0.224 e. The quantitative estimate of drug-likeness (QED) is 0.808. The predicted molar refractivity (Wildman–Crippen MR) is 91.0 cm³/mol. The molecule has 0 fully saturated rings. The molecule has 0 bridgehead atoms. The summed E-state index contributed by atoms with van der Waals surface area (Å²) in [5.41, 5.74) is 1.84. The van der Waals surface area contributed by atoms with Crippen LogP contribution in [0.3, 0.4) is 0 Å². The van der Waals surface area contributed by atoms with E-state index in [0.29, 0.717) is 22.2 Å². The first-order valence-corrected chi connectivity index (χ1v) is 7.72. The van der Waals surface area contributed by atoms with Crippen LogP contribution in [0.2, 0.25) is 10.0 Å². The molecule has 116 valence electrons. The number of methoxy groups -OCH3 is 1. The second-order valence-electron chi connectivity index (χ2n) is 4.88. The first-order valence-electron chi connectivity index (χ1n) is 6.96. The van der Waals surface area contributed by atoms with Gasteiger partial charge in [0.2, 0.25) is 5.91 Å². The van der Waals surface area contributed by atoms with Crippen LogP contribution >= 0.6 is 23.2 Å². The highest BCUT2D eigenvalue weighted by molar-refractivity contribution is 6.42. The number of nitrogens with one attached hydrogen (secondary N) is 1. The van der Waals surface area contributed by atoms with Gasteiger partial charge < -0.3 is 10.1 Å². The number of anilines is 1. The van der Waals surface area contributed by atoms with Crippen LogP contribution in [-0.4, -0.2) is 13.0 Å². The number of aryl methyl sites for hydroxylation is 1. The summed E-state index contributed by atoms with van der Waals surface area (Å²) in [6.07, 6.45) is 2.07. The third-order valence-electron chi connectivity index (χ3n) is 3.23. The maximum atomic E-state index is 11.9. The lowest BCUT2D eigenvalue weighted by Gasteiger charge is -2.07. The number of hydrogen-bond acceptors (Lipinski definition) is 2. The normalized spacial score (nSPS) is 10.3. The van der Waals surface area contributed by atoms with Gasteiger partial charge >= 0.3 is 0 Å². The molecule has 1 N–H and O–H groups in total. The molecule has 0 heterocycles. The summed E-state index contributed by atoms with van der Waals surface area (Å²) in [6.45, 7) is 0. The number of amides is 1. The molecule has 0 radical (unpaired) electrons. The maximum absolute atomic E-state index is 11.9. The van der Waals surface area contributed by atoms with Crippen LogP contribution in [0.15, 0.2) is 42.5 Å². The van der Waals surface area contributed by atoms with Crippen molar-refractivity contribution in [2.75, 3.05) is 12.4 Å². The molecule has 0 saturated carbocycles. The average Bonchev–Trinajstić information content (AvgIpc) is 2.51. The Bertz CT molecular complexity index is 642. The van der Waals surface area contributed by atoms with E-state index in [1.807, 2.05) is 24.3 Å². The second kappa shape index (κ2) is 8.06. The van der Waals surface area contributed by atoms with Gasteiger partial charge in [0.05, 0.1) is 17.2 Å². The Labute approximate surface area is 140 Å². The van der Waals surface area contributed by atoms with Gasteiger partial charge in [0.1, 0.15) is 5.75 Å². The van der Waals surface area contributed by atoms with Crippen LogP contribution in [0.25, 0.3) is 0 Å². The van der Waals surface area contributed by atoms with Crippen molar-refractivity contribution in [2.24, 2.45) is 0 Å². The van der Waals surface area contributed by atoms with Gasteiger partial charge in [0.15, 0.2) is 0 Å². The zero-order chi connectivity index (χ0) is 15.9. The van der Waals surface area contributed by atoms with Crippen LogP contribution in [0, 0.1) is 0 Å². The van der Waals surface area contributed by atoms with Gasteiger partial charge in [0, 0.05) is 12.1 Å². The second-order valence-corrected chi connectivity index (χ2v) is 5.69. The first-order chi connectivity index (χ1) is 10.6. The molecule has 0 atom stereocenters. The molecule has 2 aromatic carbocycles. The summed E-state index contributed by atoms with van der Waals surface area (Å²) in [5.74, 6) is 0.799. The van der Waals surface area contributed by atoms with Crippen molar-refractivity contribution in [1.82, 2.24) is 0 Å². The standard InChI is InChI=1S/C17H17Cl2NO2/c1-22-14-8-5-12(6-9-14)3-2-4-17(21)20-13-7-10-15(18)16(19)11-13/h5-11H,2-4H2,1H3,(H,20,21). The fourth-order valence-electron chi connectivity index (χ4n) is 2.04. The molecule has 0 saturated heterocycles. The van der Waals surface area contributed by atoms with Crippen LogP contribution < -0.4 is 10.1 Å². The molecule has 0 aliphatic rings. The van der Waals surface area contributed by atoms with E-state index in [4.69, 9.17) is 27.9 Å². The van der Waals surface area contributed by atoms with E-state index in [9.17, 15) is 4.79 Å². The van der Waals surface area contributed by atoms with E-state index in [1.54, 1.807) is 25.3 Å². The lowest BCUT2D eigenvalue weighted by molar-refractivity contribution is -0.116. The Balaban J connectivity index is 1.78. The Morgan fingerprint density at radius 2 is 1.82 bits per heavy atom. The molecule has 3 nitrogen and oxygen atoms in total. The lowest BCUT2D eigenvalue weighted by Crippen LogP contribution is -2.11. The smallest absolute Gasteiger partial charge is 0.224 e. The predicted octanol–water partition coefficient (Wildman–Crippen LogP) is 4.96. The van der Waals surface area contributed by atoms with Crippen LogP contribution in [0.5, 0.6) is 5.75 Å². The van der Waals surface area contributed by atoms with Crippen molar-refractivity contribution >= 4 is 34.8 Å². The van der Waals surface area contributed by atoms with E-state index >= 15 is 0 Å². The minimum atomic E-state index is -0.0353. The van der Waals surface area contributed by atoms with Gasteiger partial charge in [-0.25, -0.2) is 0 Å². The third-order valence-corrected chi connectivity index (χ3v) is 3.97. The fraction of sp³-hybridized carbons (Fsp3) is 0.235. The topological polar surface area (TPSA) is 38.3 Å². The van der Waals surface area contributed by atoms with Gasteiger partial charge in [0.25, 0.3) is 0 Å². The SMILES string of the molecule is COc1ccc(CCCC(=O)Nc2ccc(Cl)c(Cl)c2)cc1. The van der Waals surface area contributed by atoms with Gasteiger partial charge in [-0.1, -0.05) is 35.3 Å². The zero-order valence-corrected chi connectivity index (χ0v) is 13.7. The number of hydrogen-bond donors (Lipinski definition) is 1. The Hall–Kier alpha value is -1.71. The van der Waals surface area contributed by atoms with Crippen LogP contribution in [0.1, 0.15) is 18.4 Å². The van der Waals surface area contributed by atoms with Crippen molar-refractivity contribution in [3.63, 3.8) is 0 Å². The largest absolute Gasteiger partial charge is 0.497 e. The summed E-state index contributed by atoms with van der Waals surface area (Å²) < 4.78 is 5.11. The van der Waals surface area contributed by atoms with Crippen molar-refractivity contribution < 1.29 is 9.53 Å². The summed E-state index contributed by atoms with van der Waals surface area (Å²) in [7, 11) is 1.64. The molecule has 2 rings (SSSR count). The molecular formula is C17H17Cl2NO2. The number of ether oxygens (including phenoxy) is 1. The molecule has 0 unspecified atom stereocenters. The molecule has 22 heavy (non-hydrogen) atoms. The summed E-state index contributed by atoms with van der Waals surface area (Å²) in [6, 6.07) is 12.9. The summed E-state index contributed by atoms with van der Waals surface area (Å²) >= 11 is 11.7. The molecule has 0 aliphatic heterocycles. The fourth-order valence-corrected chi connectivity index (χ4v) is 2.34. The van der Waals surface area contributed by atoms with Crippen molar-refractivity contribution in [2.45, 2.75) is 19.3 Å². The summed E-state index contributed by atoms with van der Waals surface area (Å²) in [5, 5.41) is 3.71. The minimum absolute atomic E-state index is 0.0353. The Kier molecular flexibility index (Phi) is 6.10. The van der Waals surface area contributed by atoms with Crippen molar-refractivity contribution in [3.05, 3.63) is 58.1 Å². The number of carbonyl (C=O) groups excluding carboxylic acids is 1. The van der Waals surface area contributed by atoms with Gasteiger partial charge in [-0.3, -0.25) is 4.79 Å². The van der Waals surface area contributed by atoms with Crippen LogP contribution in [0.4, 0.5) is 5.69 Å². The number of halogens is 2. The summed E-state index contributed by atoms with van der Waals surface area (Å²) in [4.78, 5) is 11.9. The van der Waals surface area contributed by atoms with E-state index < -0.39 is 0 Å². The molecular weight excluding hydrogens is 321 g/mol. The highest BCUT2D eigenvalue weighted by atomic mass is 35.5. The van der Waals surface area contributed by atoms with Crippen molar-refractivity contribution in [1.29, 1.82) is 0 Å². The zero-order valence-electron chi connectivity index (χ0n) is 12.2. The van der Waals surface area contributed by atoms with E-state index in [1.165, 1.54) is 5.56 Å². The Morgan fingerprint density at radius 1 is 1.09 bits per heavy atom. The lowest BCUT2D eigenvalue weighted by atomic mass is 10.1. The third kappa shape index (κ3) is 4.93.